The van der Waals surface area contributed by atoms with Crippen molar-refractivity contribution >= 4 is 5.97 Å². The second-order valence-corrected chi connectivity index (χ2v) is 6.23. The molecule has 1 heterocycles. The molecule has 1 aliphatic heterocycles. The van der Waals surface area contributed by atoms with Crippen LogP contribution in [0, 0.1) is 0 Å². The van der Waals surface area contributed by atoms with Gasteiger partial charge in [0.25, 0.3) is 0 Å². The minimum absolute atomic E-state index is 0.644. The zero-order chi connectivity index (χ0) is 14.2. The van der Waals surface area contributed by atoms with E-state index in [0.29, 0.717) is 6.42 Å². The van der Waals surface area contributed by atoms with Crippen molar-refractivity contribution in [2.45, 2.75) is 57.0 Å². The highest BCUT2D eigenvalue weighted by molar-refractivity contribution is 5.79. The van der Waals surface area contributed by atoms with Crippen LogP contribution in [0.3, 0.4) is 0 Å². The Morgan fingerprint density at radius 1 is 1.35 bits per heavy atom. The maximum absolute atomic E-state index is 11.7. The maximum Gasteiger partial charge on any atom is 0.324 e. The molecule has 20 heavy (non-hydrogen) atoms. The summed E-state index contributed by atoms with van der Waals surface area (Å²) in [5, 5.41) is 9.60. The lowest BCUT2D eigenvalue weighted by atomic mass is 9.92. The van der Waals surface area contributed by atoms with Crippen molar-refractivity contribution in [3.63, 3.8) is 0 Å². The minimum atomic E-state index is -0.660. The minimum Gasteiger partial charge on any atom is -0.480 e. The molecular weight excluding hydrogens is 250 g/mol. The number of rotatable bonds is 5. The molecule has 1 unspecified atom stereocenters. The van der Waals surface area contributed by atoms with Gasteiger partial charge in [0.2, 0.25) is 0 Å². The molecule has 0 radical (unpaired) electrons. The smallest absolute Gasteiger partial charge is 0.324 e. The third-order valence-corrected chi connectivity index (χ3v) is 5.01. The van der Waals surface area contributed by atoms with E-state index in [2.05, 4.69) is 29.2 Å². The van der Waals surface area contributed by atoms with Crippen LogP contribution in [0.2, 0.25) is 0 Å². The third-order valence-electron chi connectivity index (χ3n) is 5.01. The lowest BCUT2D eigenvalue weighted by molar-refractivity contribution is -0.150. The average molecular weight is 273 g/mol. The van der Waals surface area contributed by atoms with Gasteiger partial charge in [-0.1, -0.05) is 31.2 Å². The van der Waals surface area contributed by atoms with Gasteiger partial charge in [0.1, 0.15) is 5.54 Å². The molecule has 1 atom stereocenters. The summed E-state index contributed by atoms with van der Waals surface area (Å²) >= 11 is 0. The van der Waals surface area contributed by atoms with Gasteiger partial charge >= 0.3 is 5.97 Å². The van der Waals surface area contributed by atoms with E-state index in [1.165, 1.54) is 24.0 Å². The van der Waals surface area contributed by atoms with Crippen molar-refractivity contribution in [3.05, 3.63) is 35.4 Å². The van der Waals surface area contributed by atoms with Crippen molar-refractivity contribution in [2.75, 3.05) is 6.54 Å². The van der Waals surface area contributed by atoms with Gasteiger partial charge in [-0.15, -0.1) is 0 Å². The standard InChI is InChI=1S/C17H23NO2/c1-2-17(16(19)20)10-3-11-18(17)12-13-4-6-14(7-5-13)15-8-9-15/h4-7,15H,2-3,8-12H2,1H3,(H,19,20). The Labute approximate surface area is 120 Å². The predicted molar refractivity (Wildman–Crippen MR) is 78.7 cm³/mol. The molecule has 108 valence electrons. The van der Waals surface area contributed by atoms with E-state index in [-0.39, 0.29) is 0 Å². The lowest BCUT2D eigenvalue weighted by Crippen LogP contribution is -2.49. The summed E-state index contributed by atoms with van der Waals surface area (Å²) < 4.78 is 0. The average Bonchev–Trinajstić information content (AvgIpc) is 3.21. The first-order valence-electron chi connectivity index (χ1n) is 7.73. The van der Waals surface area contributed by atoms with Crippen LogP contribution in [0.15, 0.2) is 24.3 Å². The van der Waals surface area contributed by atoms with E-state index in [9.17, 15) is 9.90 Å². The predicted octanol–water partition coefficient (Wildman–Crippen LogP) is 3.39. The summed E-state index contributed by atoms with van der Waals surface area (Å²) in [6, 6.07) is 8.79. The summed E-state index contributed by atoms with van der Waals surface area (Å²) in [7, 11) is 0. The van der Waals surface area contributed by atoms with E-state index in [4.69, 9.17) is 0 Å². The molecule has 3 rings (SSSR count). The Balaban J connectivity index is 1.74. The van der Waals surface area contributed by atoms with Gasteiger partial charge in [-0.05, 0) is 55.7 Å². The summed E-state index contributed by atoms with van der Waals surface area (Å²) in [4.78, 5) is 13.8. The largest absolute Gasteiger partial charge is 0.480 e. The Bertz CT molecular complexity index is 492. The van der Waals surface area contributed by atoms with Gasteiger partial charge in [0, 0.05) is 6.54 Å². The zero-order valence-electron chi connectivity index (χ0n) is 12.1. The number of aliphatic carboxylic acids is 1. The topological polar surface area (TPSA) is 40.5 Å². The summed E-state index contributed by atoms with van der Waals surface area (Å²) in [5.74, 6) is 0.122. The van der Waals surface area contributed by atoms with Crippen molar-refractivity contribution in [3.8, 4) is 0 Å². The molecule has 1 saturated carbocycles. The van der Waals surface area contributed by atoms with Crippen molar-refractivity contribution in [1.29, 1.82) is 0 Å². The molecule has 0 spiro atoms. The highest BCUT2D eigenvalue weighted by atomic mass is 16.4. The van der Waals surface area contributed by atoms with E-state index in [1.54, 1.807) is 0 Å². The molecule has 1 aromatic carbocycles. The maximum atomic E-state index is 11.7. The summed E-state index contributed by atoms with van der Waals surface area (Å²) in [6.07, 6.45) is 5.09. The van der Waals surface area contributed by atoms with Gasteiger partial charge in [-0.25, -0.2) is 0 Å². The Morgan fingerprint density at radius 3 is 2.60 bits per heavy atom. The first kappa shape index (κ1) is 13.6. The molecule has 1 N–H and O–H groups in total. The number of carboxylic acids is 1. The van der Waals surface area contributed by atoms with Crippen LogP contribution in [-0.4, -0.2) is 28.1 Å². The Hall–Kier alpha value is -1.35. The molecule has 1 aromatic rings. The Kier molecular flexibility index (Phi) is 3.55. The third kappa shape index (κ3) is 2.35. The van der Waals surface area contributed by atoms with Crippen LogP contribution >= 0.6 is 0 Å². The molecule has 0 bridgehead atoms. The van der Waals surface area contributed by atoms with Crippen LogP contribution in [0.25, 0.3) is 0 Å². The molecule has 1 aliphatic carbocycles. The van der Waals surface area contributed by atoms with E-state index < -0.39 is 11.5 Å². The summed E-state index contributed by atoms with van der Waals surface area (Å²) in [6.45, 7) is 3.64. The highest BCUT2D eigenvalue weighted by Crippen LogP contribution is 2.40. The van der Waals surface area contributed by atoms with Crippen LogP contribution in [0.4, 0.5) is 0 Å². The van der Waals surface area contributed by atoms with E-state index in [1.807, 2.05) is 6.92 Å². The molecule has 2 aliphatic rings. The molecule has 3 heteroatoms. The van der Waals surface area contributed by atoms with Crippen LogP contribution in [-0.2, 0) is 11.3 Å². The number of hydrogen-bond donors (Lipinski definition) is 1. The molecule has 3 nitrogen and oxygen atoms in total. The quantitative estimate of drug-likeness (QED) is 0.894. The fourth-order valence-electron chi connectivity index (χ4n) is 3.49. The van der Waals surface area contributed by atoms with Crippen LogP contribution in [0.1, 0.15) is 56.1 Å². The number of nitrogens with zero attached hydrogens (tertiary/aromatic N) is 1. The number of hydrogen-bond acceptors (Lipinski definition) is 2. The molecule has 2 fully saturated rings. The molecule has 0 aromatic heterocycles. The van der Waals surface area contributed by atoms with Crippen molar-refractivity contribution < 1.29 is 9.90 Å². The van der Waals surface area contributed by atoms with Gasteiger partial charge in [-0.3, -0.25) is 9.69 Å². The normalized spacial score (nSPS) is 26.9. The van der Waals surface area contributed by atoms with Gasteiger partial charge in [0.05, 0.1) is 0 Å². The van der Waals surface area contributed by atoms with Crippen LogP contribution < -0.4 is 0 Å². The first-order valence-corrected chi connectivity index (χ1v) is 7.73. The zero-order valence-corrected chi connectivity index (χ0v) is 12.1. The van der Waals surface area contributed by atoms with Gasteiger partial charge in [-0.2, -0.15) is 0 Å². The fourth-order valence-corrected chi connectivity index (χ4v) is 3.49. The van der Waals surface area contributed by atoms with Crippen molar-refractivity contribution in [2.24, 2.45) is 0 Å². The second kappa shape index (κ2) is 5.21. The number of likely N-dealkylation sites (tertiary alicyclic amines) is 1. The monoisotopic (exact) mass is 273 g/mol. The first-order chi connectivity index (χ1) is 9.65. The fraction of sp³-hybridized carbons (Fsp3) is 0.588. The summed E-state index contributed by atoms with van der Waals surface area (Å²) in [5.41, 5.74) is 2.03. The molecule has 0 amide bonds. The van der Waals surface area contributed by atoms with Gasteiger partial charge in [0.15, 0.2) is 0 Å². The number of benzene rings is 1. The van der Waals surface area contributed by atoms with E-state index in [0.717, 1.165) is 31.8 Å². The van der Waals surface area contributed by atoms with Crippen molar-refractivity contribution in [1.82, 2.24) is 4.90 Å². The molecule has 1 saturated heterocycles. The number of carboxylic acid groups (broad SMARTS) is 1. The lowest BCUT2D eigenvalue weighted by Gasteiger charge is -2.34. The molecular formula is C17H23NO2. The van der Waals surface area contributed by atoms with Crippen LogP contribution in [0.5, 0.6) is 0 Å². The second-order valence-electron chi connectivity index (χ2n) is 6.23. The highest BCUT2D eigenvalue weighted by Gasteiger charge is 2.45. The number of carbonyl (C=O) groups is 1. The van der Waals surface area contributed by atoms with E-state index >= 15 is 0 Å². The Morgan fingerprint density at radius 2 is 2.05 bits per heavy atom. The van der Waals surface area contributed by atoms with Gasteiger partial charge < -0.3 is 5.11 Å². The SMILES string of the molecule is CCC1(C(=O)O)CCCN1Cc1ccc(C2CC2)cc1.